The lowest BCUT2D eigenvalue weighted by atomic mass is 11.1. The van der Waals surface area contributed by atoms with Gasteiger partial charge in [-0.2, -0.15) is 9.98 Å². The third-order valence-electron chi connectivity index (χ3n) is 1.18. The molecule has 4 nitrogen and oxygen atoms in total. The van der Waals surface area contributed by atoms with Crippen LogP contribution in [0.2, 0.25) is 0 Å². The predicted molar refractivity (Wildman–Crippen MR) is 62.3 cm³/mol. The highest BCUT2D eigenvalue weighted by molar-refractivity contribution is 8.38. The van der Waals surface area contributed by atoms with Gasteiger partial charge in [-0.05, 0) is 18.8 Å². The molecular weight excluding hydrogens is 224 g/mol. The lowest BCUT2D eigenvalue weighted by molar-refractivity contribution is 0.976. The minimum atomic E-state index is 0.572. The zero-order chi connectivity index (χ0) is 9.68. The summed E-state index contributed by atoms with van der Waals surface area (Å²) in [6.45, 7) is 0. The van der Waals surface area contributed by atoms with E-state index in [-0.39, 0.29) is 0 Å². The van der Waals surface area contributed by atoms with E-state index in [2.05, 4.69) is 20.2 Å². The summed E-state index contributed by atoms with van der Waals surface area (Å²) >= 11 is 4.70. The molecule has 0 fully saturated rings. The Hall–Kier alpha value is -0.140. The molecule has 0 aliphatic carbocycles. The molecule has 0 saturated carbocycles. The summed E-state index contributed by atoms with van der Waals surface area (Å²) in [7, 11) is 0. The van der Waals surface area contributed by atoms with Crippen molar-refractivity contribution in [2.75, 3.05) is 18.8 Å². The number of hydrogen-bond donors (Lipinski definition) is 1. The zero-order valence-corrected chi connectivity index (χ0v) is 10.0. The Balaban J connectivity index is 2.77. The molecule has 7 heteroatoms. The van der Waals surface area contributed by atoms with Crippen molar-refractivity contribution in [3.05, 3.63) is 0 Å². The minimum Gasteiger partial charge on any atom is -0.242 e. The molecule has 0 amide bonds. The second-order valence-corrected chi connectivity index (χ2v) is 4.55. The minimum absolute atomic E-state index is 0.572. The molecule has 0 bridgehead atoms. The molecule has 1 aromatic heterocycles. The van der Waals surface area contributed by atoms with E-state index in [1.165, 1.54) is 11.8 Å². The normalized spacial score (nSPS) is 10.1. The maximum absolute atomic E-state index is 4.26. The van der Waals surface area contributed by atoms with Crippen LogP contribution < -0.4 is 0 Å². The first-order chi connectivity index (χ1) is 6.30. The van der Waals surface area contributed by atoms with Crippen LogP contribution in [0, 0.1) is 0 Å². The topological polar surface area (TPSA) is 53.9 Å². The Bertz CT molecular complexity index is 290. The van der Waals surface area contributed by atoms with E-state index < -0.39 is 0 Å². The molecule has 1 aromatic rings. The Morgan fingerprint density at radius 3 is 2.46 bits per heavy atom. The molecule has 1 rings (SSSR count). The van der Waals surface area contributed by atoms with Crippen molar-refractivity contribution >= 4 is 45.6 Å². The fourth-order valence-corrected chi connectivity index (χ4v) is 1.98. The summed E-state index contributed by atoms with van der Waals surface area (Å²) < 4.78 is 0.976. The third-order valence-corrected chi connectivity index (χ3v) is 3.61. The van der Waals surface area contributed by atoms with Crippen LogP contribution >= 0.6 is 35.3 Å². The van der Waals surface area contributed by atoms with Crippen molar-refractivity contribution in [3.8, 4) is 0 Å². The van der Waals surface area contributed by atoms with Gasteiger partial charge >= 0.3 is 0 Å². The van der Waals surface area contributed by atoms with E-state index in [0.29, 0.717) is 5.95 Å². The van der Waals surface area contributed by atoms with E-state index >= 15 is 0 Å². The van der Waals surface area contributed by atoms with Gasteiger partial charge in [-0.25, -0.2) is 5.10 Å². The second-order valence-electron chi connectivity index (χ2n) is 1.93. The smallest absolute Gasteiger partial charge is 0.242 e. The first-order valence-corrected chi connectivity index (χ1v) is 7.10. The van der Waals surface area contributed by atoms with Crippen molar-refractivity contribution in [1.82, 2.24) is 15.2 Å². The maximum Gasteiger partial charge on any atom is 0.247 e. The summed E-state index contributed by atoms with van der Waals surface area (Å²) in [5.74, 6) is 0.572. The molecule has 0 saturated heterocycles. The molecule has 0 spiro atoms. The molecule has 0 unspecified atom stereocenters. The Morgan fingerprint density at radius 1 is 1.31 bits per heavy atom. The number of nitrogens with zero attached hydrogens (tertiary/aromatic N) is 3. The van der Waals surface area contributed by atoms with Gasteiger partial charge in [0.15, 0.2) is 0 Å². The van der Waals surface area contributed by atoms with Crippen LogP contribution in [0.1, 0.15) is 0 Å². The van der Waals surface area contributed by atoms with Crippen molar-refractivity contribution in [3.63, 3.8) is 0 Å². The molecule has 13 heavy (non-hydrogen) atoms. The first-order valence-electron chi connectivity index (χ1n) is 3.43. The Kier molecular flexibility index (Phi) is 4.68. The molecule has 0 aliphatic rings. The van der Waals surface area contributed by atoms with Gasteiger partial charge in [0.25, 0.3) is 0 Å². The summed E-state index contributed by atoms with van der Waals surface area (Å²) in [5.41, 5.74) is 0. The van der Waals surface area contributed by atoms with Gasteiger partial charge in [0.1, 0.15) is 4.38 Å². The van der Waals surface area contributed by atoms with Gasteiger partial charge in [-0.15, -0.1) is 28.6 Å². The number of H-pyrrole nitrogens is 1. The van der Waals surface area contributed by atoms with E-state index in [0.717, 1.165) is 9.53 Å². The van der Waals surface area contributed by atoms with Gasteiger partial charge in [0.05, 0.1) is 0 Å². The summed E-state index contributed by atoms with van der Waals surface area (Å²) in [6, 6.07) is 0. The van der Waals surface area contributed by atoms with Gasteiger partial charge in [-0.3, -0.25) is 0 Å². The van der Waals surface area contributed by atoms with E-state index in [9.17, 15) is 0 Å². The van der Waals surface area contributed by atoms with E-state index in [1.807, 2.05) is 18.8 Å². The van der Waals surface area contributed by atoms with Crippen LogP contribution in [0.15, 0.2) is 10.1 Å². The van der Waals surface area contributed by atoms with Crippen LogP contribution in [0.5, 0.6) is 0 Å². The van der Waals surface area contributed by atoms with Crippen LogP contribution in [0.3, 0.4) is 0 Å². The summed E-state index contributed by atoms with van der Waals surface area (Å²) in [5, 5.41) is 7.44. The molecule has 1 N–H and O–H groups in total. The van der Waals surface area contributed by atoms with E-state index in [4.69, 9.17) is 0 Å². The third kappa shape index (κ3) is 3.24. The lowest BCUT2D eigenvalue weighted by Gasteiger charge is -1.93. The number of aromatic nitrogens is 3. The van der Waals surface area contributed by atoms with Crippen molar-refractivity contribution in [2.24, 2.45) is 4.99 Å². The standard InChI is InChI=1S/C6H10N4S3/c1-11-5-7-4(9-10-5)8-6(12-2)13-3/h1-3H3,(H,7,9,10). The fourth-order valence-electron chi connectivity index (χ4n) is 0.641. The van der Waals surface area contributed by atoms with Crippen molar-refractivity contribution in [1.29, 1.82) is 0 Å². The highest BCUT2D eigenvalue weighted by Crippen LogP contribution is 2.17. The monoisotopic (exact) mass is 234 g/mol. The molecule has 0 aromatic carbocycles. The van der Waals surface area contributed by atoms with Crippen LogP contribution in [-0.4, -0.2) is 38.3 Å². The van der Waals surface area contributed by atoms with E-state index in [1.54, 1.807) is 23.5 Å². The number of hydrogen-bond acceptors (Lipinski definition) is 6. The number of nitrogens with one attached hydrogen (secondary N) is 1. The van der Waals surface area contributed by atoms with Gasteiger partial charge in [0, 0.05) is 0 Å². The molecule has 72 valence electrons. The van der Waals surface area contributed by atoms with Crippen molar-refractivity contribution < 1.29 is 0 Å². The predicted octanol–water partition coefficient (Wildman–Crippen LogP) is 2.24. The maximum atomic E-state index is 4.26. The highest BCUT2D eigenvalue weighted by Gasteiger charge is 2.01. The molecule has 1 heterocycles. The fraction of sp³-hybridized carbons (Fsp3) is 0.500. The van der Waals surface area contributed by atoms with Crippen molar-refractivity contribution in [2.45, 2.75) is 5.16 Å². The Morgan fingerprint density at radius 2 is 2.00 bits per heavy atom. The molecular formula is C6H10N4S3. The van der Waals surface area contributed by atoms with Gasteiger partial charge in [0.2, 0.25) is 11.1 Å². The van der Waals surface area contributed by atoms with Crippen LogP contribution in [0.4, 0.5) is 5.95 Å². The number of aliphatic imine (C=N–C) groups is 1. The number of thioether (sulfide) groups is 3. The summed E-state index contributed by atoms with van der Waals surface area (Å²) in [4.78, 5) is 8.41. The Labute approximate surface area is 89.8 Å². The van der Waals surface area contributed by atoms with Gasteiger partial charge in [-0.1, -0.05) is 11.8 Å². The molecule has 0 aliphatic heterocycles. The SMILES string of the molecule is CSC(=Nc1nc(SC)n[nH]1)SC. The average Bonchev–Trinajstić information content (AvgIpc) is 2.61. The first kappa shape index (κ1) is 10.9. The van der Waals surface area contributed by atoms with Gasteiger partial charge < -0.3 is 0 Å². The number of aromatic amines is 1. The molecule has 0 atom stereocenters. The van der Waals surface area contributed by atoms with Crippen LogP contribution in [-0.2, 0) is 0 Å². The zero-order valence-electron chi connectivity index (χ0n) is 7.57. The molecule has 0 radical (unpaired) electrons. The quantitative estimate of drug-likeness (QED) is 0.483. The summed E-state index contributed by atoms with van der Waals surface area (Å²) in [6.07, 6.45) is 5.91. The number of rotatable bonds is 2. The second kappa shape index (κ2) is 5.56. The average molecular weight is 234 g/mol. The lowest BCUT2D eigenvalue weighted by Crippen LogP contribution is -1.81. The van der Waals surface area contributed by atoms with Crippen LogP contribution in [0.25, 0.3) is 0 Å². The largest absolute Gasteiger partial charge is 0.247 e. The highest BCUT2D eigenvalue weighted by atomic mass is 32.2.